The van der Waals surface area contributed by atoms with Crippen molar-refractivity contribution in [3.63, 3.8) is 0 Å². The predicted molar refractivity (Wildman–Crippen MR) is 88.8 cm³/mol. The van der Waals surface area contributed by atoms with Gasteiger partial charge in [-0.2, -0.15) is 0 Å². The zero-order chi connectivity index (χ0) is 15.4. The summed E-state index contributed by atoms with van der Waals surface area (Å²) in [7, 11) is 0. The first kappa shape index (κ1) is 15.6. The quantitative estimate of drug-likeness (QED) is 0.886. The average molecular weight is 283 g/mol. The highest BCUT2D eigenvalue weighted by Crippen LogP contribution is 2.24. The van der Waals surface area contributed by atoms with E-state index in [0.717, 1.165) is 23.3 Å². The second-order valence-electron chi connectivity index (χ2n) is 5.71. The van der Waals surface area contributed by atoms with Gasteiger partial charge in [0.05, 0.1) is 6.04 Å². The van der Waals surface area contributed by atoms with E-state index in [4.69, 9.17) is 10.5 Å². The van der Waals surface area contributed by atoms with Crippen molar-refractivity contribution < 1.29 is 4.74 Å². The van der Waals surface area contributed by atoms with E-state index in [0.29, 0.717) is 0 Å². The third-order valence-electron chi connectivity index (χ3n) is 3.94. The molecule has 0 heterocycles. The average Bonchev–Trinajstić information content (AvgIpc) is 2.50. The minimum Gasteiger partial charge on any atom is -0.488 e. The van der Waals surface area contributed by atoms with Crippen molar-refractivity contribution in [2.45, 2.75) is 46.3 Å². The predicted octanol–water partition coefficient (Wildman–Crippen LogP) is 4.33. The molecule has 0 radical (unpaired) electrons. The van der Waals surface area contributed by atoms with E-state index in [1.165, 1.54) is 11.1 Å². The van der Waals surface area contributed by atoms with Gasteiger partial charge in [0.1, 0.15) is 11.9 Å². The van der Waals surface area contributed by atoms with Crippen LogP contribution in [-0.4, -0.2) is 6.10 Å². The maximum Gasteiger partial charge on any atom is 0.122 e. The number of nitrogens with two attached hydrogens (primary N) is 1. The molecule has 0 aliphatic rings. The largest absolute Gasteiger partial charge is 0.488 e. The third kappa shape index (κ3) is 3.85. The molecule has 0 saturated heterocycles. The minimum atomic E-state index is -0.129. The molecule has 0 aromatic heterocycles. The van der Waals surface area contributed by atoms with Gasteiger partial charge < -0.3 is 10.5 Å². The molecule has 0 spiro atoms. The summed E-state index contributed by atoms with van der Waals surface area (Å²) in [5, 5.41) is 0. The monoisotopic (exact) mass is 283 g/mol. The van der Waals surface area contributed by atoms with Gasteiger partial charge in [-0.15, -0.1) is 0 Å². The van der Waals surface area contributed by atoms with Gasteiger partial charge in [0.25, 0.3) is 0 Å². The van der Waals surface area contributed by atoms with Crippen molar-refractivity contribution in [2.24, 2.45) is 5.73 Å². The number of hydrogen-bond acceptors (Lipinski definition) is 2. The lowest BCUT2D eigenvalue weighted by Crippen LogP contribution is -2.29. The fourth-order valence-corrected chi connectivity index (χ4v) is 2.35. The van der Waals surface area contributed by atoms with Crippen LogP contribution < -0.4 is 10.5 Å². The lowest BCUT2D eigenvalue weighted by atomic mass is 10.0. The van der Waals surface area contributed by atoms with E-state index in [1.807, 2.05) is 6.92 Å². The smallest absolute Gasteiger partial charge is 0.122 e. The van der Waals surface area contributed by atoms with Gasteiger partial charge in [-0.05, 0) is 55.5 Å². The molecule has 2 rings (SSSR count). The van der Waals surface area contributed by atoms with Gasteiger partial charge in [0.15, 0.2) is 0 Å². The van der Waals surface area contributed by atoms with Crippen LogP contribution in [0.5, 0.6) is 5.75 Å². The Balaban J connectivity index is 2.11. The maximum atomic E-state index is 6.34. The van der Waals surface area contributed by atoms with Crippen LogP contribution in [0.4, 0.5) is 0 Å². The van der Waals surface area contributed by atoms with Crippen LogP contribution in [0.25, 0.3) is 0 Å². The van der Waals surface area contributed by atoms with Crippen LogP contribution in [0, 0.1) is 13.8 Å². The highest BCUT2D eigenvalue weighted by Gasteiger charge is 2.17. The standard InChI is InChI=1S/C19H25NO/c1-5-16-8-10-17(11-9-16)19(20)15(4)21-18-12-13(2)6-7-14(18)3/h6-12,15,19H,5,20H2,1-4H3. The summed E-state index contributed by atoms with van der Waals surface area (Å²) in [6, 6.07) is 14.6. The van der Waals surface area contributed by atoms with Crippen molar-refractivity contribution in [3.8, 4) is 5.75 Å². The van der Waals surface area contributed by atoms with Gasteiger partial charge in [-0.3, -0.25) is 0 Å². The van der Waals surface area contributed by atoms with Crippen LogP contribution in [0.2, 0.25) is 0 Å². The van der Waals surface area contributed by atoms with E-state index in [9.17, 15) is 0 Å². The first-order chi connectivity index (χ1) is 10.0. The van der Waals surface area contributed by atoms with Gasteiger partial charge in [-0.1, -0.05) is 43.3 Å². The lowest BCUT2D eigenvalue weighted by molar-refractivity contribution is 0.189. The fourth-order valence-electron chi connectivity index (χ4n) is 2.35. The summed E-state index contributed by atoms with van der Waals surface area (Å²) in [5.41, 5.74) is 11.1. The molecule has 2 aromatic rings. The Morgan fingerprint density at radius 3 is 2.33 bits per heavy atom. The summed E-state index contributed by atoms with van der Waals surface area (Å²) < 4.78 is 6.07. The number of benzene rings is 2. The van der Waals surface area contributed by atoms with Crippen molar-refractivity contribution >= 4 is 0 Å². The Morgan fingerprint density at radius 2 is 1.71 bits per heavy atom. The van der Waals surface area contributed by atoms with E-state index in [1.54, 1.807) is 0 Å². The fraction of sp³-hybridized carbons (Fsp3) is 0.368. The first-order valence-electron chi connectivity index (χ1n) is 7.59. The van der Waals surface area contributed by atoms with Crippen LogP contribution in [0.1, 0.15) is 42.1 Å². The second-order valence-corrected chi connectivity index (χ2v) is 5.71. The topological polar surface area (TPSA) is 35.2 Å². The van der Waals surface area contributed by atoms with E-state index in [2.05, 4.69) is 63.2 Å². The van der Waals surface area contributed by atoms with Gasteiger partial charge >= 0.3 is 0 Å². The Bertz CT molecular complexity index is 589. The van der Waals surface area contributed by atoms with Crippen molar-refractivity contribution in [3.05, 3.63) is 64.7 Å². The molecule has 21 heavy (non-hydrogen) atoms. The summed E-state index contributed by atoms with van der Waals surface area (Å²) in [6.45, 7) is 8.31. The van der Waals surface area contributed by atoms with Crippen molar-refractivity contribution in [2.75, 3.05) is 0 Å². The van der Waals surface area contributed by atoms with Gasteiger partial charge in [0, 0.05) is 0 Å². The van der Waals surface area contributed by atoms with Gasteiger partial charge in [-0.25, -0.2) is 0 Å². The summed E-state index contributed by atoms with van der Waals surface area (Å²) in [4.78, 5) is 0. The Morgan fingerprint density at radius 1 is 1.05 bits per heavy atom. The Hall–Kier alpha value is -1.80. The minimum absolute atomic E-state index is 0.0713. The summed E-state index contributed by atoms with van der Waals surface area (Å²) in [5.74, 6) is 0.920. The number of rotatable bonds is 5. The Labute approximate surface area is 127 Å². The number of hydrogen-bond donors (Lipinski definition) is 1. The van der Waals surface area contributed by atoms with E-state index >= 15 is 0 Å². The lowest BCUT2D eigenvalue weighted by Gasteiger charge is -2.23. The zero-order valence-electron chi connectivity index (χ0n) is 13.4. The molecule has 2 unspecified atom stereocenters. The van der Waals surface area contributed by atoms with E-state index in [-0.39, 0.29) is 12.1 Å². The molecule has 0 bridgehead atoms. The highest BCUT2D eigenvalue weighted by molar-refractivity contribution is 5.36. The molecule has 112 valence electrons. The molecule has 2 atom stereocenters. The Kier molecular flexibility index (Phi) is 5.03. The molecule has 0 aliphatic heterocycles. The van der Waals surface area contributed by atoms with Crippen LogP contribution in [0.3, 0.4) is 0 Å². The molecule has 0 amide bonds. The normalized spacial score (nSPS) is 13.8. The second kappa shape index (κ2) is 6.77. The molecule has 0 fully saturated rings. The summed E-state index contributed by atoms with van der Waals surface area (Å²) >= 11 is 0. The van der Waals surface area contributed by atoms with Crippen molar-refractivity contribution in [1.29, 1.82) is 0 Å². The maximum absolute atomic E-state index is 6.34. The third-order valence-corrected chi connectivity index (χ3v) is 3.94. The molecule has 2 heteroatoms. The molecule has 2 aromatic carbocycles. The molecule has 0 aliphatic carbocycles. The molecule has 2 nitrogen and oxygen atoms in total. The number of ether oxygens (including phenoxy) is 1. The number of aryl methyl sites for hydroxylation is 3. The molecular formula is C19H25NO. The summed E-state index contributed by atoms with van der Waals surface area (Å²) in [6.07, 6.45) is 0.974. The van der Waals surface area contributed by atoms with E-state index < -0.39 is 0 Å². The molecule has 2 N–H and O–H groups in total. The van der Waals surface area contributed by atoms with Crippen LogP contribution in [0.15, 0.2) is 42.5 Å². The molecule has 0 saturated carbocycles. The van der Waals surface area contributed by atoms with Gasteiger partial charge in [0.2, 0.25) is 0 Å². The first-order valence-corrected chi connectivity index (χ1v) is 7.59. The highest BCUT2D eigenvalue weighted by atomic mass is 16.5. The van der Waals surface area contributed by atoms with Crippen molar-refractivity contribution in [1.82, 2.24) is 0 Å². The van der Waals surface area contributed by atoms with Crippen LogP contribution >= 0.6 is 0 Å². The van der Waals surface area contributed by atoms with Crippen LogP contribution in [-0.2, 0) is 6.42 Å². The SMILES string of the molecule is CCc1ccc(C(N)C(C)Oc2cc(C)ccc2C)cc1. The molecular weight excluding hydrogens is 258 g/mol. The zero-order valence-corrected chi connectivity index (χ0v) is 13.4.